The van der Waals surface area contributed by atoms with Gasteiger partial charge < -0.3 is 10.5 Å². The van der Waals surface area contributed by atoms with Crippen LogP contribution in [-0.4, -0.2) is 30.7 Å². The Morgan fingerprint density at radius 3 is 2.71 bits per heavy atom. The quantitative estimate of drug-likeness (QED) is 0.768. The summed E-state index contributed by atoms with van der Waals surface area (Å²) in [7, 11) is -3.83. The van der Waals surface area contributed by atoms with Crippen molar-refractivity contribution >= 4 is 33.2 Å². The van der Waals surface area contributed by atoms with Crippen molar-refractivity contribution in [1.82, 2.24) is 9.78 Å². The highest BCUT2D eigenvalue weighted by atomic mass is 35.5. The van der Waals surface area contributed by atoms with Crippen LogP contribution >= 0.6 is 11.6 Å². The molecule has 1 aromatic carbocycles. The van der Waals surface area contributed by atoms with Crippen molar-refractivity contribution in [3.05, 3.63) is 35.6 Å². The van der Waals surface area contributed by atoms with Crippen LogP contribution in [0, 0.1) is 0 Å². The molecule has 0 fully saturated rings. The number of carbonyl (C=O) groups excluding carboxylic acids is 1. The van der Waals surface area contributed by atoms with Gasteiger partial charge >= 0.3 is 0 Å². The zero-order valence-electron chi connectivity index (χ0n) is 13.1. The van der Waals surface area contributed by atoms with Gasteiger partial charge in [0.25, 0.3) is 15.9 Å². The van der Waals surface area contributed by atoms with E-state index in [0.29, 0.717) is 5.69 Å². The Kier molecular flexibility index (Phi) is 5.35. The maximum absolute atomic E-state index is 12.4. The van der Waals surface area contributed by atoms with E-state index in [-0.39, 0.29) is 28.3 Å². The van der Waals surface area contributed by atoms with E-state index in [1.54, 1.807) is 10.9 Å². The number of nitrogens with one attached hydrogen (secondary N) is 1. The van der Waals surface area contributed by atoms with Gasteiger partial charge in [-0.05, 0) is 32.0 Å². The number of amides is 1. The standard InChI is InChI=1S/C14H17ClN4O4S/c1-9(2)19-7-10(6-17-19)18-24(21,22)11-3-4-13(12(15)5-11)23-8-14(16)20/h3-7,9,18H,8H2,1-2H3,(H2,16,20). The maximum Gasteiger partial charge on any atom is 0.262 e. The summed E-state index contributed by atoms with van der Waals surface area (Å²) in [6.07, 6.45) is 3.01. The third-order valence-electron chi connectivity index (χ3n) is 2.97. The predicted molar refractivity (Wildman–Crippen MR) is 89.6 cm³/mol. The van der Waals surface area contributed by atoms with Crippen LogP contribution in [0.2, 0.25) is 5.02 Å². The van der Waals surface area contributed by atoms with Crippen molar-refractivity contribution in [3.63, 3.8) is 0 Å². The number of carbonyl (C=O) groups is 1. The number of nitrogens with two attached hydrogens (primary N) is 1. The number of nitrogens with zero attached hydrogens (tertiary/aromatic N) is 2. The Hall–Kier alpha value is -2.26. The lowest BCUT2D eigenvalue weighted by atomic mass is 10.3. The summed E-state index contributed by atoms with van der Waals surface area (Å²) in [4.78, 5) is 10.7. The minimum absolute atomic E-state index is 0.0452. The Morgan fingerprint density at radius 2 is 2.17 bits per heavy atom. The second-order valence-corrected chi connectivity index (χ2v) is 7.35. The van der Waals surface area contributed by atoms with E-state index in [0.717, 1.165) is 0 Å². The number of benzene rings is 1. The number of primary amides is 1. The lowest BCUT2D eigenvalue weighted by molar-refractivity contribution is -0.119. The first-order chi connectivity index (χ1) is 11.2. The van der Waals surface area contributed by atoms with Gasteiger partial charge in [0.1, 0.15) is 5.75 Å². The monoisotopic (exact) mass is 372 g/mol. The van der Waals surface area contributed by atoms with Gasteiger partial charge in [-0.15, -0.1) is 0 Å². The highest BCUT2D eigenvalue weighted by Crippen LogP contribution is 2.28. The molecular formula is C14H17ClN4O4S. The highest BCUT2D eigenvalue weighted by Gasteiger charge is 2.17. The molecule has 0 aliphatic heterocycles. The van der Waals surface area contributed by atoms with E-state index < -0.39 is 15.9 Å². The molecule has 0 aliphatic carbocycles. The number of rotatable bonds is 7. The summed E-state index contributed by atoms with van der Waals surface area (Å²) in [6, 6.07) is 4.02. The molecule has 2 rings (SSSR count). The fraction of sp³-hybridized carbons (Fsp3) is 0.286. The second-order valence-electron chi connectivity index (χ2n) is 5.26. The Morgan fingerprint density at radius 1 is 1.46 bits per heavy atom. The summed E-state index contributed by atoms with van der Waals surface area (Å²) in [5.74, 6) is -0.492. The fourth-order valence-electron chi connectivity index (χ4n) is 1.80. The SMILES string of the molecule is CC(C)n1cc(NS(=O)(=O)c2ccc(OCC(N)=O)c(Cl)c2)cn1. The van der Waals surface area contributed by atoms with Crippen LogP contribution in [0.25, 0.3) is 0 Å². The van der Waals surface area contributed by atoms with Crippen LogP contribution in [0.3, 0.4) is 0 Å². The van der Waals surface area contributed by atoms with Crippen LogP contribution < -0.4 is 15.2 Å². The van der Waals surface area contributed by atoms with E-state index >= 15 is 0 Å². The molecule has 0 unspecified atom stereocenters. The summed E-state index contributed by atoms with van der Waals surface area (Å²) in [5.41, 5.74) is 5.32. The van der Waals surface area contributed by atoms with Crippen LogP contribution in [0.15, 0.2) is 35.5 Å². The molecule has 1 heterocycles. The number of anilines is 1. The second kappa shape index (κ2) is 7.10. The first kappa shape index (κ1) is 18.1. The molecule has 8 nitrogen and oxygen atoms in total. The molecule has 10 heteroatoms. The molecule has 2 aromatic rings. The summed E-state index contributed by atoms with van der Waals surface area (Å²) >= 11 is 5.98. The number of ether oxygens (including phenoxy) is 1. The molecule has 0 aliphatic rings. The van der Waals surface area contributed by atoms with Gasteiger partial charge in [-0.2, -0.15) is 5.10 Å². The number of hydrogen-bond acceptors (Lipinski definition) is 5. The third kappa shape index (κ3) is 4.39. The van der Waals surface area contributed by atoms with E-state index in [9.17, 15) is 13.2 Å². The average molecular weight is 373 g/mol. The lowest BCUT2D eigenvalue weighted by Crippen LogP contribution is -2.20. The van der Waals surface area contributed by atoms with Gasteiger partial charge in [-0.3, -0.25) is 14.2 Å². The zero-order valence-corrected chi connectivity index (χ0v) is 14.6. The molecular weight excluding hydrogens is 356 g/mol. The van der Waals surface area contributed by atoms with E-state index in [1.165, 1.54) is 24.4 Å². The topological polar surface area (TPSA) is 116 Å². The Bertz CT molecular complexity index is 848. The van der Waals surface area contributed by atoms with Crippen molar-refractivity contribution in [1.29, 1.82) is 0 Å². The molecule has 0 spiro atoms. The molecule has 0 atom stereocenters. The predicted octanol–water partition coefficient (Wildman–Crippen LogP) is 1.78. The first-order valence-corrected chi connectivity index (χ1v) is 8.83. The van der Waals surface area contributed by atoms with Crippen molar-refractivity contribution in [3.8, 4) is 5.75 Å². The van der Waals surface area contributed by atoms with Crippen LogP contribution in [0.4, 0.5) is 5.69 Å². The summed E-state index contributed by atoms with van der Waals surface area (Å²) < 4.78 is 33.9. The van der Waals surface area contributed by atoms with Crippen molar-refractivity contribution < 1.29 is 17.9 Å². The van der Waals surface area contributed by atoms with Crippen molar-refractivity contribution in [2.45, 2.75) is 24.8 Å². The lowest BCUT2D eigenvalue weighted by Gasteiger charge is -2.10. The first-order valence-electron chi connectivity index (χ1n) is 6.96. The maximum atomic E-state index is 12.4. The number of halogens is 1. The Balaban J connectivity index is 2.19. The van der Waals surface area contributed by atoms with Gasteiger partial charge in [0.05, 0.1) is 21.8 Å². The van der Waals surface area contributed by atoms with Gasteiger partial charge in [0, 0.05) is 12.2 Å². The number of hydrogen-bond donors (Lipinski definition) is 2. The zero-order chi connectivity index (χ0) is 17.9. The summed E-state index contributed by atoms with van der Waals surface area (Å²) in [6.45, 7) is 3.50. The van der Waals surface area contributed by atoms with Gasteiger partial charge in [-0.25, -0.2) is 8.42 Å². The van der Waals surface area contributed by atoms with Gasteiger partial charge in [-0.1, -0.05) is 11.6 Å². The molecule has 0 bridgehead atoms. The molecule has 3 N–H and O–H groups in total. The van der Waals surface area contributed by atoms with Gasteiger partial charge in [0.2, 0.25) is 0 Å². The van der Waals surface area contributed by atoms with Crippen LogP contribution in [0.5, 0.6) is 5.75 Å². The molecule has 24 heavy (non-hydrogen) atoms. The number of aromatic nitrogens is 2. The Labute approximate surface area is 144 Å². The smallest absolute Gasteiger partial charge is 0.262 e. The van der Waals surface area contributed by atoms with Crippen molar-refractivity contribution in [2.24, 2.45) is 5.73 Å². The van der Waals surface area contributed by atoms with E-state index in [4.69, 9.17) is 22.1 Å². The van der Waals surface area contributed by atoms with E-state index in [1.807, 2.05) is 13.8 Å². The largest absolute Gasteiger partial charge is 0.482 e. The fourth-order valence-corrected chi connectivity index (χ4v) is 3.16. The van der Waals surface area contributed by atoms with E-state index in [2.05, 4.69) is 9.82 Å². The minimum atomic E-state index is -3.83. The van der Waals surface area contributed by atoms with Gasteiger partial charge in [0.15, 0.2) is 6.61 Å². The number of sulfonamides is 1. The van der Waals surface area contributed by atoms with Crippen LogP contribution in [0.1, 0.15) is 19.9 Å². The summed E-state index contributed by atoms with van der Waals surface area (Å²) in [5, 5.41) is 4.12. The molecule has 1 amide bonds. The molecule has 0 saturated heterocycles. The highest BCUT2D eigenvalue weighted by molar-refractivity contribution is 7.92. The normalized spacial score (nSPS) is 11.5. The third-order valence-corrected chi connectivity index (χ3v) is 4.64. The molecule has 1 aromatic heterocycles. The molecule has 0 radical (unpaired) electrons. The van der Waals surface area contributed by atoms with Crippen molar-refractivity contribution in [2.75, 3.05) is 11.3 Å². The average Bonchev–Trinajstić information content (AvgIpc) is 2.93. The molecule has 130 valence electrons. The van der Waals surface area contributed by atoms with Crippen LogP contribution in [-0.2, 0) is 14.8 Å². The molecule has 0 saturated carbocycles. The minimum Gasteiger partial charge on any atom is -0.482 e.